The summed E-state index contributed by atoms with van der Waals surface area (Å²) in [5.41, 5.74) is 0.904. The lowest BCUT2D eigenvalue weighted by atomic mass is 9.97. The minimum atomic E-state index is -4.68. The van der Waals surface area contributed by atoms with Crippen molar-refractivity contribution in [3.63, 3.8) is 0 Å². The van der Waals surface area contributed by atoms with Crippen molar-refractivity contribution in [1.29, 1.82) is 0 Å². The number of halogens is 3. The van der Waals surface area contributed by atoms with Crippen molar-refractivity contribution >= 4 is 5.97 Å². The number of ether oxygens (including phenoxy) is 2. The predicted molar refractivity (Wildman–Crippen MR) is 68.7 cm³/mol. The maximum atomic E-state index is 12.0. The van der Waals surface area contributed by atoms with E-state index in [0.29, 0.717) is 19.4 Å². The molecule has 7 heteroatoms. The third kappa shape index (κ3) is 4.63. The summed E-state index contributed by atoms with van der Waals surface area (Å²) in [7, 11) is 1.34. The number of hydrogen-bond acceptors (Lipinski definition) is 4. The van der Waals surface area contributed by atoms with Gasteiger partial charge in [-0.25, -0.2) is 0 Å². The molecule has 0 amide bonds. The highest BCUT2D eigenvalue weighted by Gasteiger charge is 2.31. The Kier molecular flexibility index (Phi) is 4.72. The highest BCUT2D eigenvalue weighted by Crippen LogP contribution is 2.25. The Bertz CT molecular complexity index is 487. The number of hydrogen-bond donors (Lipinski definition) is 1. The Morgan fingerprint density at radius 1 is 1.33 bits per heavy atom. The lowest BCUT2D eigenvalue weighted by molar-refractivity contribution is -0.274. The van der Waals surface area contributed by atoms with Crippen molar-refractivity contribution in [2.24, 2.45) is 5.92 Å². The Labute approximate surface area is 120 Å². The SMILES string of the molecule is COC(=O)C1CC(Cc2ccc(OC(F)(F)F)cc2)CN1. The van der Waals surface area contributed by atoms with Crippen LogP contribution in [-0.4, -0.2) is 32.0 Å². The van der Waals surface area contributed by atoms with Crippen LogP contribution in [0.5, 0.6) is 5.75 Å². The second-order valence-corrected chi connectivity index (χ2v) is 4.98. The fraction of sp³-hybridized carbons (Fsp3) is 0.500. The van der Waals surface area contributed by atoms with Crippen LogP contribution in [0.2, 0.25) is 0 Å². The molecule has 2 rings (SSSR count). The number of esters is 1. The van der Waals surface area contributed by atoms with E-state index in [-0.39, 0.29) is 23.7 Å². The number of carbonyl (C=O) groups is 1. The molecule has 2 atom stereocenters. The fourth-order valence-electron chi connectivity index (χ4n) is 2.45. The van der Waals surface area contributed by atoms with Gasteiger partial charge in [0.2, 0.25) is 0 Å². The van der Waals surface area contributed by atoms with Crippen LogP contribution in [-0.2, 0) is 16.0 Å². The summed E-state index contributed by atoms with van der Waals surface area (Å²) in [5, 5.41) is 3.07. The van der Waals surface area contributed by atoms with Crippen LogP contribution >= 0.6 is 0 Å². The highest BCUT2D eigenvalue weighted by atomic mass is 19.4. The van der Waals surface area contributed by atoms with Crippen molar-refractivity contribution in [3.8, 4) is 5.75 Å². The third-order valence-electron chi connectivity index (χ3n) is 3.39. The number of carbonyl (C=O) groups excluding carboxylic acids is 1. The zero-order valence-electron chi connectivity index (χ0n) is 11.4. The van der Waals surface area contributed by atoms with Crippen molar-refractivity contribution in [3.05, 3.63) is 29.8 Å². The van der Waals surface area contributed by atoms with Gasteiger partial charge in [0.15, 0.2) is 0 Å². The molecular formula is C14H16F3NO3. The third-order valence-corrected chi connectivity index (χ3v) is 3.39. The first-order valence-corrected chi connectivity index (χ1v) is 6.53. The second kappa shape index (κ2) is 6.34. The van der Waals surface area contributed by atoms with Gasteiger partial charge in [0.1, 0.15) is 11.8 Å². The Balaban J connectivity index is 1.88. The first-order chi connectivity index (χ1) is 9.87. The zero-order chi connectivity index (χ0) is 15.5. The molecule has 1 fully saturated rings. The standard InChI is InChI=1S/C14H16F3NO3/c1-20-13(19)12-7-10(8-18-12)6-9-2-4-11(5-3-9)21-14(15,16)17/h2-5,10,12,18H,6-8H2,1H3. The van der Waals surface area contributed by atoms with Gasteiger partial charge in [0, 0.05) is 0 Å². The molecule has 116 valence electrons. The molecule has 21 heavy (non-hydrogen) atoms. The largest absolute Gasteiger partial charge is 0.573 e. The lowest BCUT2D eigenvalue weighted by Crippen LogP contribution is -2.31. The maximum absolute atomic E-state index is 12.0. The highest BCUT2D eigenvalue weighted by molar-refractivity contribution is 5.76. The molecule has 0 spiro atoms. The van der Waals surface area contributed by atoms with Gasteiger partial charge < -0.3 is 14.8 Å². The molecule has 4 nitrogen and oxygen atoms in total. The molecular weight excluding hydrogens is 287 g/mol. The molecule has 1 N–H and O–H groups in total. The van der Waals surface area contributed by atoms with Gasteiger partial charge >= 0.3 is 12.3 Å². The summed E-state index contributed by atoms with van der Waals surface area (Å²) in [5.74, 6) is -0.266. The molecule has 2 unspecified atom stereocenters. The minimum absolute atomic E-state index is 0.233. The van der Waals surface area contributed by atoms with Gasteiger partial charge in [-0.2, -0.15) is 0 Å². The van der Waals surface area contributed by atoms with E-state index < -0.39 is 6.36 Å². The van der Waals surface area contributed by atoms with Gasteiger partial charge in [0.25, 0.3) is 0 Å². The summed E-state index contributed by atoms with van der Waals surface area (Å²) in [4.78, 5) is 11.4. The van der Waals surface area contributed by atoms with Crippen molar-refractivity contribution in [1.82, 2.24) is 5.32 Å². The van der Waals surface area contributed by atoms with Gasteiger partial charge in [-0.05, 0) is 43.0 Å². The number of rotatable bonds is 4. The van der Waals surface area contributed by atoms with Crippen LogP contribution in [0.25, 0.3) is 0 Å². The minimum Gasteiger partial charge on any atom is -0.468 e. The van der Waals surface area contributed by atoms with Crippen LogP contribution in [0, 0.1) is 5.92 Å². The Morgan fingerprint density at radius 3 is 2.57 bits per heavy atom. The summed E-state index contributed by atoms with van der Waals surface area (Å²) in [6.07, 6.45) is -3.33. The van der Waals surface area contributed by atoms with Crippen molar-refractivity contribution < 1.29 is 27.4 Å². The van der Waals surface area contributed by atoms with Crippen LogP contribution in [0.1, 0.15) is 12.0 Å². The maximum Gasteiger partial charge on any atom is 0.573 e. The van der Waals surface area contributed by atoms with Crippen LogP contribution in [0.4, 0.5) is 13.2 Å². The molecule has 0 aliphatic carbocycles. The number of benzene rings is 1. The van der Waals surface area contributed by atoms with Crippen LogP contribution in [0.15, 0.2) is 24.3 Å². The van der Waals surface area contributed by atoms with E-state index >= 15 is 0 Å². The second-order valence-electron chi connectivity index (χ2n) is 4.98. The Morgan fingerprint density at radius 2 is 2.00 bits per heavy atom. The smallest absolute Gasteiger partial charge is 0.468 e. The summed E-state index contributed by atoms with van der Waals surface area (Å²) in [6.45, 7) is 0.681. The van der Waals surface area contributed by atoms with Gasteiger partial charge in [-0.1, -0.05) is 12.1 Å². The zero-order valence-corrected chi connectivity index (χ0v) is 11.4. The fourth-order valence-corrected chi connectivity index (χ4v) is 2.45. The van der Waals surface area contributed by atoms with E-state index in [1.807, 2.05) is 0 Å². The van der Waals surface area contributed by atoms with E-state index in [9.17, 15) is 18.0 Å². The molecule has 1 aromatic rings. The number of alkyl halides is 3. The summed E-state index contributed by atoms with van der Waals surface area (Å²) in [6, 6.07) is 5.50. The summed E-state index contributed by atoms with van der Waals surface area (Å²) < 4.78 is 44.6. The van der Waals surface area contributed by atoms with Gasteiger partial charge in [0.05, 0.1) is 7.11 Å². The van der Waals surface area contributed by atoms with Crippen LogP contribution < -0.4 is 10.1 Å². The summed E-state index contributed by atoms with van der Waals surface area (Å²) >= 11 is 0. The molecule has 1 aliphatic heterocycles. The molecule has 1 heterocycles. The molecule has 0 saturated carbocycles. The van der Waals surface area contributed by atoms with Gasteiger partial charge in [-0.3, -0.25) is 4.79 Å². The average Bonchev–Trinajstić information content (AvgIpc) is 2.87. The van der Waals surface area contributed by atoms with E-state index in [1.165, 1.54) is 19.2 Å². The molecule has 0 aromatic heterocycles. The van der Waals surface area contributed by atoms with E-state index in [4.69, 9.17) is 0 Å². The molecule has 1 saturated heterocycles. The predicted octanol–water partition coefficient (Wildman–Crippen LogP) is 2.28. The van der Waals surface area contributed by atoms with Crippen molar-refractivity contribution in [2.45, 2.75) is 25.2 Å². The first-order valence-electron chi connectivity index (χ1n) is 6.53. The van der Waals surface area contributed by atoms with Crippen molar-refractivity contribution in [2.75, 3.05) is 13.7 Å². The molecule has 0 radical (unpaired) electrons. The number of nitrogens with one attached hydrogen (secondary N) is 1. The van der Waals surface area contributed by atoms with E-state index in [0.717, 1.165) is 5.56 Å². The van der Waals surface area contributed by atoms with E-state index in [1.54, 1.807) is 12.1 Å². The molecule has 1 aliphatic rings. The number of methoxy groups -OCH3 is 1. The molecule has 0 bridgehead atoms. The average molecular weight is 303 g/mol. The quantitative estimate of drug-likeness (QED) is 0.867. The van der Waals surface area contributed by atoms with E-state index in [2.05, 4.69) is 14.8 Å². The Hall–Kier alpha value is -1.76. The van der Waals surface area contributed by atoms with Gasteiger partial charge in [-0.15, -0.1) is 13.2 Å². The normalized spacial score (nSPS) is 22.1. The monoisotopic (exact) mass is 303 g/mol. The topological polar surface area (TPSA) is 47.6 Å². The molecule has 1 aromatic carbocycles. The van der Waals surface area contributed by atoms with Crippen LogP contribution in [0.3, 0.4) is 0 Å². The first kappa shape index (κ1) is 15.6. The lowest BCUT2D eigenvalue weighted by Gasteiger charge is -2.11.